The number of carbonyl (C=O) groups excluding carboxylic acids is 1. The van der Waals surface area contributed by atoms with Crippen molar-refractivity contribution in [2.24, 2.45) is 4.99 Å². The Balaban J connectivity index is 0.00000242. The molecule has 1 unspecified atom stereocenters. The lowest BCUT2D eigenvalue weighted by molar-refractivity contribution is -0.128. The van der Waals surface area contributed by atoms with Crippen LogP contribution in [0.25, 0.3) is 0 Å². The first-order valence-electron chi connectivity index (χ1n) is 7.58. The lowest BCUT2D eigenvalue weighted by Crippen LogP contribution is -2.53. The first kappa shape index (κ1) is 19.4. The van der Waals surface area contributed by atoms with E-state index in [4.69, 9.17) is 9.47 Å². The molecule has 1 amide bonds. The number of hydrogen-bond donors (Lipinski definition) is 1. The maximum Gasteiger partial charge on any atom is 0.241 e. The normalized spacial score (nSPS) is 22.5. The molecule has 1 N–H and O–H groups in total. The van der Waals surface area contributed by atoms with E-state index in [0.717, 1.165) is 45.0 Å². The number of nitrogens with zero attached hydrogens (tertiary/aromatic N) is 3. The second kappa shape index (κ2) is 10.2. The first-order chi connectivity index (χ1) is 10.2. The molecule has 7 nitrogen and oxygen atoms in total. The molecule has 2 aliphatic heterocycles. The third-order valence-electron chi connectivity index (χ3n) is 3.86. The van der Waals surface area contributed by atoms with Crippen molar-refractivity contribution in [3.05, 3.63) is 0 Å². The Labute approximate surface area is 149 Å². The number of guanidine groups is 1. The number of amides is 1. The van der Waals surface area contributed by atoms with Gasteiger partial charge in [0.25, 0.3) is 0 Å². The van der Waals surface area contributed by atoms with Crippen molar-refractivity contribution < 1.29 is 14.3 Å². The number of halogens is 1. The van der Waals surface area contributed by atoms with Crippen LogP contribution in [0, 0.1) is 0 Å². The summed E-state index contributed by atoms with van der Waals surface area (Å²) in [7, 11) is 3.41. The minimum absolute atomic E-state index is 0. The molecule has 0 spiro atoms. The fourth-order valence-corrected chi connectivity index (χ4v) is 2.76. The van der Waals surface area contributed by atoms with Crippen molar-refractivity contribution in [2.45, 2.75) is 18.9 Å². The van der Waals surface area contributed by atoms with Crippen LogP contribution in [0.2, 0.25) is 0 Å². The zero-order chi connectivity index (χ0) is 15.1. The summed E-state index contributed by atoms with van der Waals surface area (Å²) < 4.78 is 10.8. The van der Waals surface area contributed by atoms with Crippen molar-refractivity contribution >= 4 is 35.8 Å². The summed E-state index contributed by atoms with van der Waals surface area (Å²) in [4.78, 5) is 20.4. The van der Waals surface area contributed by atoms with Gasteiger partial charge in [0.2, 0.25) is 5.91 Å². The minimum atomic E-state index is 0. The van der Waals surface area contributed by atoms with E-state index in [2.05, 4.69) is 15.2 Å². The average Bonchev–Trinajstić information content (AvgIpc) is 3.03. The highest BCUT2D eigenvalue weighted by molar-refractivity contribution is 14.0. The summed E-state index contributed by atoms with van der Waals surface area (Å²) in [5.74, 6) is 0.905. The summed E-state index contributed by atoms with van der Waals surface area (Å²) in [6.07, 6.45) is 2.28. The summed E-state index contributed by atoms with van der Waals surface area (Å²) in [6, 6.07) is 0. The van der Waals surface area contributed by atoms with Crippen LogP contribution in [0.15, 0.2) is 4.99 Å². The van der Waals surface area contributed by atoms with Crippen LogP contribution in [-0.4, -0.2) is 87.9 Å². The van der Waals surface area contributed by atoms with Gasteiger partial charge in [0.15, 0.2) is 5.96 Å². The monoisotopic (exact) mass is 426 g/mol. The molecule has 2 rings (SSSR count). The largest absolute Gasteiger partial charge is 0.382 e. The van der Waals surface area contributed by atoms with Crippen molar-refractivity contribution in [3.63, 3.8) is 0 Å². The summed E-state index contributed by atoms with van der Waals surface area (Å²) >= 11 is 0. The van der Waals surface area contributed by atoms with Crippen molar-refractivity contribution in [1.29, 1.82) is 0 Å². The Morgan fingerprint density at radius 3 is 2.68 bits per heavy atom. The van der Waals surface area contributed by atoms with E-state index >= 15 is 0 Å². The molecule has 0 aromatic carbocycles. The molecule has 8 heteroatoms. The van der Waals surface area contributed by atoms with Crippen LogP contribution in [-0.2, 0) is 14.3 Å². The third-order valence-corrected chi connectivity index (χ3v) is 3.86. The van der Waals surface area contributed by atoms with Crippen LogP contribution in [0.1, 0.15) is 12.8 Å². The average molecular weight is 426 g/mol. The second-order valence-electron chi connectivity index (χ2n) is 5.38. The number of carbonyl (C=O) groups is 1. The Bertz CT molecular complexity index is 373. The van der Waals surface area contributed by atoms with Crippen LogP contribution in [0.3, 0.4) is 0 Å². The van der Waals surface area contributed by atoms with Crippen molar-refractivity contribution in [3.8, 4) is 0 Å². The molecule has 0 saturated carbocycles. The SMILES string of the molecule is CN=C(NCC(=O)N1CCCC1)N1CCOC(COC)C1.I. The molecule has 0 aromatic heterocycles. The van der Waals surface area contributed by atoms with Gasteiger partial charge in [0.1, 0.15) is 0 Å². The predicted octanol–water partition coefficient (Wildman–Crippen LogP) is 0.149. The molecule has 128 valence electrons. The highest BCUT2D eigenvalue weighted by atomic mass is 127. The van der Waals surface area contributed by atoms with E-state index < -0.39 is 0 Å². The van der Waals surface area contributed by atoms with Gasteiger partial charge in [-0.3, -0.25) is 9.79 Å². The zero-order valence-corrected chi connectivity index (χ0v) is 15.7. The fourth-order valence-electron chi connectivity index (χ4n) is 2.76. The molecule has 2 aliphatic rings. The van der Waals surface area contributed by atoms with Gasteiger partial charge in [-0.1, -0.05) is 0 Å². The van der Waals surface area contributed by atoms with E-state index in [1.54, 1.807) is 14.2 Å². The maximum absolute atomic E-state index is 12.1. The van der Waals surface area contributed by atoms with Gasteiger partial charge in [0.05, 0.1) is 25.9 Å². The molecule has 1 atom stereocenters. The molecule has 2 saturated heterocycles. The highest BCUT2D eigenvalue weighted by Crippen LogP contribution is 2.08. The second-order valence-corrected chi connectivity index (χ2v) is 5.38. The predicted molar refractivity (Wildman–Crippen MR) is 95.8 cm³/mol. The van der Waals surface area contributed by atoms with Crippen molar-refractivity contribution in [1.82, 2.24) is 15.1 Å². The Morgan fingerprint density at radius 1 is 1.32 bits per heavy atom. The van der Waals surface area contributed by atoms with E-state index in [1.807, 2.05) is 4.90 Å². The molecule has 0 bridgehead atoms. The molecule has 2 fully saturated rings. The quantitative estimate of drug-likeness (QED) is 0.394. The smallest absolute Gasteiger partial charge is 0.241 e. The molecular weight excluding hydrogens is 399 g/mol. The van der Waals surface area contributed by atoms with Crippen LogP contribution >= 0.6 is 24.0 Å². The van der Waals surface area contributed by atoms with Crippen molar-refractivity contribution in [2.75, 3.05) is 60.1 Å². The number of methoxy groups -OCH3 is 1. The topological polar surface area (TPSA) is 66.4 Å². The third kappa shape index (κ3) is 5.54. The van der Waals surface area contributed by atoms with Gasteiger partial charge < -0.3 is 24.6 Å². The standard InChI is InChI=1S/C14H26N4O3.HI/c1-15-14(16-9-13(19)17-5-3-4-6-17)18-7-8-21-12(10-18)11-20-2;/h12H,3-11H2,1-2H3,(H,15,16);1H. The van der Waals surface area contributed by atoms with Gasteiger partial charge in [0, 0.05) is 40.3 Å². The van der Waals surface area contributed by atoms with Gasteiger partial charge in [-0.15, -0.1) is 24.0 Å². The maximum atomic E-state index is 12.1. The van der Waals surface area contributed by atoms with Crippen LogP contribution in [0.4, 0.5) is 0 Å². The molecule has 2 heterocycles. The Hall–Kier alpha value is -0.610. The van der Waals surface area contributed by atoms with Crippen LogP contribution in [0.5, 0.6) is 0 Å². The van der Waals surface area contributed by atoms with Gasteiger partial charge in [-0.25, -0.2) is 0 Å². The number of morpholine rings is 1. The van der Waals surface area contributed by atoms with Gasteiger partial charge >= 0.3 is 0 Å². The number of hydrogen-bond acceptors (Lipinski definition) is 4. The Morgan fingerprint density at radius 2 is 2.05 bits per heavy atom. The van der Waals surface area contributed by atoms with Crippen LogP contribution < -0.4 is 5.32 Å². The molecule has 0 radical (unpaired) electrons. The minimum Gasteiger partial charge on any atom is -0.382 e. The van der Waals surface area contributed by atoms with E-state index in [-0.39, 0.29) is 36.0 Å². The number of ether oxygens (including phenoxy) is 2. The summed E-state index contributed by atoms with van der Waals surface area (Å²) in [5.41, 5.74) is 0. The lowest BCUT2D eigenvalue weighted by atomic mass is 10.3. The number of aliphatic imine (C=N–C) groups is 1. The zero-order valence-electron chi connectivity index (χ0n) is 13.4. The number of nitrogens with one attached hydrogen (secondary N) is 1. The number of likely N-dealkylation sites (tertiary alicyclic amines) is 1. The molecule has 0 aliphatic carbocycles. The van der Waals surface area contributed by atoms with E-state index in [9.17, 15) is 4.79 Å². The molecule has 0 aromatic rings. The molecule has 22 heavy (non-hydrogen) atoms. The van der Waals surface area contributed by atoms with Gasteiger partial charge in [-0.2, -0.15) is 0 Å². The first-order valence-corrected chi connectivity index (χ1v) is 7.58. The van der Waals surface area contributed by atoms with Gasteiger partial charge in [-0.05, 0) is 12.8 Å². The Kier molecular flexibility index (Phi) is 9.03. The fraction of sp³-hybridized carbons (Fsp3) is 0.857. The van der Waals surface area contributed by atoms with E-state index in [1.165, 1.54) is 0 Å². The summed E-state index contributed by atoms with van der Waals surface area (Å²) in [5, 5.41) is 3.17. The highest BCUT2D eigenvalue weighted by Gasteiger charge is 2.24. The summed E-state index contributed by atoms with van der Waals surface area (Å²) in [6.45, 7) is 4.79. The lowest BCUT2D eigenvalue weighted by Gasteiger charge is -2.34. The number of rotatable bonds is 4. The molecular formula is C14H27IN4O3. The van der Waals surface area contributed by atoms with E-state index in [0.29, 0.717) is 19.8 Å².